The molecule has 1 amide bonds. The summed E-state index contributed by atoms with van der Waals surface area (Å²) in [5.74, 6) is -1.56. The van der Waals surface area contributed by atoms with Gasteiger partial charge in [0.15, 0.2) is 5.78 Å². The lowest BCUT2D eigenvalue weighted by Crippen LogP contribution is -2.32. The van der Waals surface area contributed by atoms with E-state index >= 15 is 0 Å². The Morgan fingerprint density at radius 1 is 1.30 bits per heavy atom. The normalized spacial score (nSPS) is 10.9. The Kier molecular flexibility index (Phi) is 6.38. The van der Waals surface area contributed by atoms with Crippen LogP contribution in [0.3, 0.4) is 0 Å². The number of Topliss-reactive ketones (excluding diaryl/α,β-unsaturated/α-hetero) is 1. The number of carboxylic acid groups (broad SMARTS) is 1. The Balaban J connectivity index is 1.97. The highest BCUT2D eigenvalue weighted by molar-refractivity contribution is 7.17. The minimum atomic E-state index is -1.23. The number of thiophene rings is 1. The summed E-state index contributed by atoms with van der Waals surface area (Å²) in [6.07, 6.45) is 0.273. The molecular formula is C20H19N3O6S. The summed E-state index contributed by atoms with van der Waals surface area (Å²) in [4.78, 5) is 53.3. The Labute approximate surface area is 174 Å². The van der Waals surface area contributed by atoms with Crippen LogP contribution in [0.5, 0.6) is 0 Å². The summed E-state index contributed by atoms with van der Waals surface area (Å²) < 4.78 is 6.21. The molecule has 30 heavy (non-hydrogen) atoms. The van der Waals surface area contributed by atoms with E-state index in [-0.39, 0.29) is 36.3 Å². The van der Waals surface area contributed by atoms with Crippen LogP contribution >= 0.6 is 11.3 Å². The molecule has 0 aliphatic carbocycles. The molecule has 0 atom stereocenters. The predicted molar refractivity (Wildman–Crippen MR) is 111 cm³/mol. The van der Waals surface area contributed by atoms with Crippen molar-refractivity contribution >= 4 is 44.9 Å². The van der Waals surface area contributed by atoms with Crippen molar-refractivity contribution in [1.82, 2.24) is 9.55 Å². The number of nitrogens with one attached hydrogen (secondary N) is 1. The highest BCUT2D eigenvalue weighted by atomic mass is 32.1. The van der Waals surface area contributed by atoms with Crippen molar-refractivity contribution < 1.29 is 24.2 Å². The largest absolute Gasteiger partial charge is 0.478 e. The molecule has 0 radical (unpaired) electrons. The van der Waals surface area contributed by atoms with Gasteiger partial charge in [0.25, 0.3) is 5.56 Å². The number of carbonyl (C=O) groups is 3. The van der Waals surface area contributed by atoms with Crippen molar-refractivity contribution in [1.29, 1.82) is 0 Å². The number of methoxy groups -OCH3 is 1. The summed E-state index contributed by atoms with van der Waals surface area (Å²) in [5.41, 5.74) is 0.111. The smallest absolute Gasteiger partial charge is 0.337 e. The maximum Gasteiger partial charge on any atom is 0.337 e. The standard InChI is InChI=1S/C20H19N3O6S/c1-11(24)12-4-3-5-13(8-12)21-16(25)9-23-15(6-7-29-2)22-18-17(19(23)26)14(10-30-18)20(27)28/h3-5,8,10H,6-7,9H2,1-2H3,(H,21,25)(H,27,28). The maximum atomic E-state index is 13.0. The number of fused-ring (bicyclic) bond motifs is 1. The molecule has 0 fully saturated rings. The zero-order valence-electron chi connectivity index (χ0n) is 16.3. The van der Waals surface area contributed by atoms with Gasteiger partial charge in [-0.05, 0) is 19.1 Å². The van der Waals surface area contributed by atoms with Gasteiger partial charge in [-0.1, -0.05) is 12.1 Å². The van der Waals surface area contributed by atoms with E-state index in [9.17, 15) is 24.3 Å². The van der Waals surface area contributed by atoms with Gasteiger partial charge in [-0.25, -0.2) is 9.78 Å². The second kappa shape index (κ2) is 8.97. The van der Waals surface area contributed by atoms with Crippen molar-refractivity contribution in [3.63, 3.8) is 0 Å². The first-order valence-corrected chi connectivity index (χ1v) is 9.83. The molecule has 0 spiro atoms. The van der Waals surface area contributed by atoms with Gasteiger partial charge in [0.1, 0.15) is 17.2 Å². The SMILES string of the molecule is COCCc1nc2scc(C(=O)O)c2c(=O)n1CC(=O)Nc1cccc(C(C)=O)c1. The molecule has 0 bridgehead atoms. The van der Waals surface area contributed by atoms with Gasteiger partial charge in [0.2, 0.25) is 5.91 Å². The number of amides is 1. The quantitative estimate of drug-likeness (QED) is 0.525. The first-order chi connectivity index (χ1) is 14.3. The number of hydrogen-bond acceptors (Lipinski definition) is 7. The van der Waals surface area contributed by atoms with E-state index in [0.717, 1.165) is 15.9 Å². The van der Waals surface area contributed by atoms with Crippen molar-refractivity contribution in [2.24, 2.45) is 0 Å². The molecule has 1 aromatic carbocycles. The van der Waals surface area contributed by atoms with E-state index in [2.05, 4.69) is 10.3 Å². The van der Waals surface area contributed by atoms with Crippen LogP contribution in [0.15, 0.2) is 34.4 Å². The van der Waals surface area contributed by atoms with Gasteiger partial charge in [0.05, 0.1) is 17.6 Å². The lowest BCUT2D eigenvalue weighted by Gasteiger charge is -2.13. The van der Waals surface area contributed by atoms with Gasteiger partial charge >= 0.3 is 5.97 Å². The molecule has 10 heteroatoms. The van der Waals surface area contributed by atoms with Gasteiger partial charge in [-0.2, -0.15) is 0 Å². The van der Waals surface area contributed by atoms with Gasteiger partial charge in [-0.3, -0.25) is 19.0 Å². The predicted octanol–water partition coefficient (Wildman–Crippen LogP) is 2.19. The van der Waals surface area contributed by atoms with Crippen molar-refractivity contribution in [3.05, 3.63) is 57.0 Å². The van der Waals surface area contributed by atoms with E-state index in [1.807, 2.05) is 0 Å². The van der Waals surface area contributed by atoms with Crippen molar-refractivity contribution in [2.75, 3.05) is 19.0 Å². The van der Waals surface area contributed by atoms with Gasteiger partial charge in [-0.15, -0.1) is 11.3 Å². The molecule has 156 valence electrons. The number of aromatic nitrogens is 2. The van der Waals surface area contributed by atoms with Gasteiger partial charge < -0.3 is 15.2 Å². The molecule has 2 aromatic heterocycles. The third-order valence-corrected chi connectivity index (χ3v) is 5.26. The number of rotatable bonds is 8. The van der Waals surface area contributed by atoms with Crippen LogP contribution in [0.4, 0.5) is 5.69 Å². The van der Waals surface area contributed by atoms with Gasteiger partial charge in [0, 0.05) is 30.2 Å². The number of ether oxygens (including phenoxy) is 1. The van der Waals surface area contributed by atoms with E-state index in [0.29, 0.717) is 21.9 Å². The molecule has 2 heterocycles. The van der Waals surface area contributed by atoms with E-state index < -0.39 is 17.4 Å². The fourth-order valence-corrected chi connectivity index (χ4v) is 3.85. The number of carbonyl (C=O) groups excluding carboxylic acids is 2. The van der Waals surface area contributed by atoms with Crippen LogP contribution < -0.4 is 10.9 Å². The third kappa shape index (κ3) is 4.44. The minimum Gasteiger partial charge on any atom is -0.478 e. The first-order valence-electron chi connectivity index (χ1n) is 8.95. The van der Waals surface area contributed by atoms with Crippen molar-refractivity contribution in [3.8, 4) is 0 Å². The topological polar surface area (TPSA) is 128 Å². The Morgan fingerprint density at radius 2 is 2.07 bits per heavy atom. The maximum absolute atomic E-state index is 13.0. The Hall–Kier alpha value is -3.37. The van der Waals surface area contributed by atoms with E-state index in [1.165, 1.54) is 25.5 Å². The summed E-state index contributed by atoms with van der Waals surface area (Å²) in [5, 5.41) is 13.3. The monoisotopic (exact) mass is 429 g/mol. The molecule has 0 aliphatic rings. The van der Waals surface area contributed by atoms with Crippen LogP contribution in [-0.2, 0) is 22.5 Å². The summed E-state index contributed by atoms with van der Waals surface area (Å²) in [7, 11) is 1.50. The zero-order chi connectivity index (χ0) is 21.8. The number of ketones is 1. The van der Waals surface area contributed by atoms with Crippen LogP contribution in [0.2, 0.25) is 0 Å². The van der Waals surface area contributed by atoms with E-state index in [4.69, 9.17) is 4.74 Å². The highest BCUT2D eigenvalue weighted by Gasteiger charge is 2.21. The van der Waals surface area contributed by atoms with Crippen LogP contribution in [0.25, 0.3) is 10.2 Å². The van der Waals surface area contributed by atoms with E-state index in [1.54, 1.807) is 18.2 Å². The second-order valence-electron chi connectivity index (χ2n) is 6.48. The third-order valence-electron chi connectivity index (χ3n) is 4.39. The summed E-state index contributed by atoms with van der Waals surface area (Å²) >= 11 is 1.06. The number of anilines is 1. The van der Waals surface area contributed by atoms with Crippen molar-refractivity contribution in [2.45, 2.75) is 19.9 Å². The molecule has 0 saturated heterocycles. The molecule has 3 rings (SSSR count). The molecule has 2 N–H and O–H groups in total. The molecule has 3 aromatic rings. The number of nitrogens with zero attached hydrogens (tertiary/aromatic N) is 2. The number of carboxylic acids is 1. The number of hydrogen-bond donors (Lipinski definition) is 2. The zero-order valence-corrected chi connectivity index (χ0v) is 17.1. The summed E-state index contributed by atoms with van der Waals surface area (Å²) in [6, 6.07) is 6.44. The summed E-state index contributed by atoms with van der Waals surface area (Å²) in [6.45, 7) is 1.34. The highest BCUT2D eigenvalue weighted by Crippen LogP contribution is 2.22. The number of benzene rings is 1. The molecule has 9 nitrogen and oxygen atoms in total. The van der Waals surface area contributed by atoms with Crippen LogP contribution in [0.1, 0.15) is 33.5 Å². The first kappa shape index (κ1) is 21.3. The number of aromatic carboxylic acids is 1. The average Bonchev–Trinajstić information content (AvgIpc) is 3.13. The Bertz CT molecular complexity index is 1200. The molecular weight excluding hydrogens is 410 g/mol. The minimum absolute atomic E-state index is 0.0277. The fourth-order valence-electron chi connectivity index (χ4n) is 2.93. The van der Waals surface area contributed by atoms with Crippen LogP contribution in [-0.4, -0.2) is 46.0 Å². The fraction of sp³-hybridized carbons (Fsp3) is 0.250. The Morgan fingerprint density at radius 3 is 2.73 bits per heavy atom. The molecule has 0 saturated carbocycles. The lowest BCUT2D eigenvalue weighted by atomic mass is 10.1. The average molecular weight is 429 g/mol. The lowest BCUT2D eigenvalue weighted by molar-refractivity contribution is -0.116. The van der Waals surface area contributed by atoms with Crippen LogP contribution in [0, 0.1) is 0 Å². The molecule has 0 aliphatic heterocycles. The molecule has 0 unspecified atom stereocenters. The second-order valence-corrected chi connectivity index (χ2v) is 7.34.